The van der Waals surface area contributed by atoms with Crippen molar-refractivity contribution in [3.05, 3.63) is 18.2 Å². The molecule has 4 heteroatoms. The van der Waals surface area contributed by atoms with Gasteiger partial charge >= 0.3 is 0 Å². The minimum atomic E-state index is -0.0335. The number of nitrogen functional groups attached to an aromatic ring is 2. The summed E-state index contributed by atoms with van der Waals surface area (Å²) in [6, 6.07) is 4.99. The Hall–Kier alpha value is -1.42. The van der Waals surface area contributed by atoms with E-state index in [1.165, 1.54) is 0 Å². The molecule has 66 valence electrons. The molecule has 0 bridgehead atoms. The molecule has 0 aliphatic carbocycles. The van der Waals surface area contributed by atoms with Gasteiger partial charge in [0.25, 0.3) is 0 Å². The minimum Gasteiger partial charge on any atom is -0.489 e. The minimum absolute atomic E-state index is 0.0335. The highest BCUT2D eigenvalue weighted by Crippen LogP contribution is 2.23. The van der Waals surface area contributed by atoms with E-state index in [9.17, 15) is 0 Å². The van der Waals surface area contributed by atoms with Crippen molar-refractivity contribution in [3.8, 4) is 5.75 Å². The van der Waals surface area contributed by atoms with Crippen LogP contribution in [0.25, 0.3) is 0 Å². The number of aliphatic hydroxyl groups is 1. The molecule has 1 rings (SSSR count). The molecular formula is C8H12N2O2. The number of hydrogen-bond acceptors (Lipinski definition) is 4. The number of aliphatic hydroxyl groups excluding tert-OH is 1. The van der Waals surface area contributed by atoms with E-state index < -0.39 is 0 Å². The Morgan fingerprint density at radius 1 is 1.33 bits per heavy atom. The van der Waals surface area contributed by atoms with Crippen LogP contribution in [0.1, 0.15) is 0 Å². The highest BCUT2D eigenvalue weighted by Gasteiger charge is 1.99. The molecule has 12 heavy (non-hydrogen) atoms. The van der Waals surface area contributed by atoms with E-state index in [0.29, 0.717) is 17.1 Å². The average molecular weight is 168 g/mol. The molecule has 1 aromatic carbocycles. The van der Waals surface area contributed by atoms with Crippen molar-refractivity contribution >= 4 is 11.4 Å². The van der Waals surface area contributed by atoms with Crippen molar-refractivity contribution in [2.24, 2.45) is 0 Å². The molecule has 0 atom stereocenters. The Balaban J connectivity index is 2.75. The molecule has 0 amide bonds. The zero-order chi connectivity index (χ0) is 8.97. The number of rotatable bonds is 3. The Labute approximate surface area is 70.7 Å². The standard InChI is InChI=1S/C8H12N2O2/c9-6-1-2-7(10)8(5-6)12-4-3-11/h1-2,5,11H,3-4,9-10H2. The van der Waals surface area contributed by atoms with Gasteiger partial charge in [-0.1, -0.05) is 0 Å². The number of anilines is 2. The zero-order valence-corrected chi connectivity index (χ0v) is 6.66. The quantitative estimate of drug-likeness (QED) is 0.564. The fourth-order valence-electron chi connectivity index (χ4n) is 0.832. The summed E-state index contributed by atoms with van der Waals surface area (Å²) < 4.78 is 5.11. The molecule has 0 saturated carbocycles. The van der Waals surface area contributed by atoms with Crippen molar-refractivity contribution in [3.63, 3.8) is 0 Å². The van der Waals surface area contributed by atoms with Crippen LogP contribution in [0.3, 0.4) is 0 Å². The summed E-state index contributed by atoms with van der Waals surface area (Å²) in [5.74, 6) is 0.518. The molecule has 1 aromatic rings. The first kappa shape index (κ1) is 8.67. The maximum atomic E-state index is 8.49. The molecule has 5 N–H and O–H groups in total. The lowest BCUT2D eigenvalue weighted by Gasteiger charge is -2.07. The molecule has 0 radical (unpaired) electrons. The molecule has 0 heterocycles. The van der Waals surface area contributed by atoms with Gasteiger partial charge in [0.15, 0.2) is 0 Å². The Kier molecular flexibility index (Phi) is 2.76. The average Bonchev–Trinajstić information content (AvgIpc) is 2.07. The summed E-state index contributed by atoms with van der Waals surface area (Å²) in [6.45, 7) is 0.196. The monoisotopic (exact) mass is 168 g/mol. The Bertz CT molecular complexity index is 263. The number of hydrogen-bond donors (Lipinski definition) is 3. The van der Waals surface area contributed by atoms with E-state index in [4.69, 9.17) is 21.3 Å². The summed E-state index contributed by atoms with van der Waals surface area (Å²) in [7, 11) is 0. The molecular weight excluding hydrogens is 156 g/mol. The molecule has 0 aliphatic heterocycles. The molecule has 0 saturated heterocycles. The van der Waals surface area contributed by atoms with Crippen LogP contribution in [0.5, 0.6) is 5.75 Å². The molecule has 0 spiro atoms. The highest BCUT2D eigenvalue weighted by molar-refractivity contribution is 5.59. The normalized spacial score (nSPS) is 9.75. The van der Waals surface area contributed by atoms with Crippen LogP contribution in [-0.4, -0.2) is 18.3 Å². The van der Waals surface area contributed by atoms with E-state index in [-0.39, 0.29) is 13.2 Å². The zero-order valence-electron chi connectivity index (χ0n) is 6.66. The van der Waals surface area contributed by atoms with Crippen molar-refractivity contribution in [2.75, 3.05) is 24.7 Å². The summed E-state index contributed by atoms with van der Waals surface area (Å²) in [5, 5.41) is 8.49. The predicted molar refractivity (Wildman–Crippen MR) is 47.8 cm³/mol. The van der Waals surface area contributed by atoms with E-state index in [0.717, 1.165) is 0 Å². The lowest BCUT2D eigenvalue weighted by atomic mass is 10.2. The van der Waals surface area contributed by atoms with Gasteiger partial charge in [0.1, 0.15) is 12.4 Å². The number of ether oxygens (including phenoxy) is 1. The van der Waals surface area contributed by atoms with E-state index in [1.54, 1.807) is 18.2 Å². The third-order valence-corrected chi connectivity index (χ3v) is 1.39. The van der Waals surface area contributed by atoms with Crippen LogP contribution in [-0.2, 0) is 0 Å². The summed E-state index contributed by atoms with van der Waals surface area (Å²) in [6.07, 6.45) is 0. The molecule has 0 unspecified atom stereocenters. The van der Waals surface area contributed by atoms with Crippen LogP contribution in [0.15, 0.2) is 18.2 Å². The third kappa shape index (κ3) is 2.03. The Morgan fingerprint density at radius 3 is 2.75 bits per heavy atom. The fourth-order valence-corrected chi connectivity index (χ4v) is 0.832. The van der Waals surface area contributed by atoms with Crippen molar-refractivity contribution in [1.29, 1.82) is 0 Å². The second kappa shape index (κ2) is 3.82. The third-order valence-electron chi connectivity index (χ3n) is 1.39. The van der Waals surface area contributed by atoms with E-state index in [1.807, 2.05) is 0 Å². The van der Waals surface area contributed by atoms with Crippen molar-refractivity contribution < 1.29 is 9.84 Å². The molecule has 0 aromatic heterocycles. The predicted octanol–water partition coefficient (Wildman–Crippen LogP) is 0.222. The SMILES string of the molecule is Nc1ccc(N)c(OCCO)c1. The number of nitrogens with two attached hydrogens (primary N) is 2. The van der Waals surface area contributed by atoms with Crippen molar-refractivity contribution in [2.45, 2.75) is 0 Å². The largest absolute Gasteiger partial charge is 0.489 e. The van der Waals surface area contributed by atoms with Crippen molar-refractivity contribution in [1.82, 2.24) is 0 Å². The summed E-state index contributed by atoms with van der Waals surface area (Å²) >= 11 is 0. The highest BCUT2D eigenvalue weighted by atomic mass is 16.5. The maximum Gasteiger partial charge on any atom is 0.144 e. The maximum absolute atomic E-state index is 8.49. The fraction of sp³-hybridized carbons (Fsp3) is 0.250. The first-order valence-corrected chi connectivity index (χ1v) is 3.62. The molecule has 0 aliphatic rings. The summed E-state index contributed by atoms with van der Waals surface area (Å²) in [5.41, 5.74) is 12.2. The molecule has 4 nitrogen and oxygen atoms in total. The van der Waals surface area contributed by atoms with E-state index in [2.05, 4.69) is 0 Å². The van der Waals surface area contributed by atoms with E-state index >= 15 is 0 Å². The number of benzene rings is 1. The van der Waals surface area contributed by atoms with Gasteiger partial charge in [-0.15, -0.1) is 0 Å². The van der Waals surface area contributed by atoms with Crippen LogP contribution >= 0.6 is 0 Å². The topological polar surface area (TPSA) is 81.5 Å². The summed E-state index contributed by atoms with van der Waals surface area (Å²) in [4.78, 5) is 0. The second-order valence-corrected chi connectivity index (χ2v) is 2.37. The van der Waals surface area contributed by atoms with Crippen LogP contribution in [0, 0.1) is 0 Å². The van der Waals surface area contributed by atoms with Gasteiger partial charge in [-0.2, -0.15) is 0 Å². The van der Waals surface area contributed by atoms with Gasteiger partial charge in [0, 0.05) is 11.8 Å². The van der Waals surface area contributed by atoms with Gasteiger partial charge in [-0.05, 0) is 12.1 Å². The van der Waals surface area contributed by atoms with Gasteiger partial charge in [-0.25, -0.2) is 0 Å². The van der Waals surface area contributed by atoms with Gasteiger partial charge in [0.2, 0.25) is 0 Å². The first-order chi connectivity index (χ1) is 5.74. The Morgan fingerprint density at radius 2 is 2.08 bits per heavy atom. The first-order valence-electron chi connectivity index (χ1n) is 3.62. The van der Waals surface area contributed by atoms with Gasteiger partial charge in [0.05, 0.1) is 12.3 Å². The smallest absolute Gasteiger partial charge is 0.144 e. The lowest BCUT2D eigenvalue weighted by molar-refractivity contribution is 0.202. The van der Waals surface area contributed by atoms with Crippen LogP contribution < -0.4 is 16.2 Å². The van der Waals surface area contributed by atoms with Crippen LogP contribution in [0.4, 0.5) is 11.4 Å². The van der Waals surface area contributed by atoms with Gasteiger partial charge < -0.3 is 21.3 Å². The van der Waals surface area contributed by atoms with Crippen LogP contribution in [0.2, 0.25) is 0 Å². The second-order valence-electron chi connectivity index (χ2n) is 2.37. The lowest BCUT2D eigenvalue weighted by Crippen LogP contribution is -2.04. The van der Waals surface area contributed by atoms with Gasteiger partial charge in [-0.3, -0.25) is 0 Å². The molecule has 0 fully saturated rings.